The van der Waals surface area contributed by atoms with Crippen molar-refractivity contribution in [2.75, 3.05) is 12.4 Å². The lowest BCUT2D eigenvalue weighted by Gasteiger charge is -2.09. The molecule has 1 heterocycles. The second kappa shape index (κ2) is 5.16. The van der Waals surface area contributed by atoms with E-state index in [0.29, 0.717) is 0 Å². The van der Waals surface area contributed by atoms with Crippen molar-refractivity contribution in [1.29, 1.82) is 0 Å². The SMILES string of the molecule is CNS(=O)(=O)c1ccccc1NC(=O)c1cn[nH]n1. The van der Waals surface area contributed by atoms with Gasteiger partial charge in [0.1, 0.15) is 4.90 Å². The third kappa shape index (κ3) is 2.77. The van der Waals surface area contributed by atoms with Crippen LogP contribution in [0.1, 0.15) is 10.5 Å². The van der Waals surface area contributed by atoms with Crippen LogP contribution in [-0.4, -0.2) is 36.8 Å². The molecular formula is C10H11N5O3S. The van der Waals surface area contributed by atoms with Gasteiger partial charge >= 0.3 is 0 Å². The number of carbonyl (C=O) groups is 1. The molecule has 0 spiro atoms. The van der Waals surface area contributed by atoms with E-state index in [1.165, 1.54) is 25.4 Å². The molecule has 3 N–H and O–H groups in total. The number of rotatable bonds is 4. The van der Waals surface area contributed by atoms with Crippen LogP contribution in [0.4, 0.5) is 5.69 Å². The van der Waals surface area contributed by atoms with Gasteiger partial charge in [-0.3, -0.25) is 4.79 Å². The fraction of sp³-hybridized carbons (Fsp3) is 0.100. The summed E-state index contributed by atoms with van der Waals surface area (Å²) < 4.78 is 25.8. The molecule has 0 atom stereocenters. The maximum absolute atomic E-state index is 11.8. The first kappa shape index (κ1) is 13.2. The number of aromatic amines is 1. The van der Waals surface area contributed by atoms with Crippen molar-refractivity contribution >= 4 is 21.6 Å². The van der Waals surface area contributed by atoms with E-state index in [1.54, 1.807) is 12.1 Å². The van der Waals surface area contributed by atoms with Gasteiger partial charge in [-0.2, -0.15) is 15.4 Å². The summed E-state index contributed by atoms with van der Waals surface area (Å²) in [4.78, 5) is 11.8. The van der Waals surface area contributed by atoms with Crippen LogP contribution in [0, 0.1) is 0 Å². The molecule has 0 unspecified atom stereocenters. The van der Waals surface area contributed by atoms with Crippen LogP contribution in [0.3, 0.4) is 0 Å². The zero-order valence-corrected chi connectivity index (χ0v) is 10.7. The van der Waals surface area contributed by atoms with E-state index in [4.69, 9.17) is 0 Å². The lowest BCUT2D eigenvalue weighted by molar-refractivity contribution is 0.102. The summed E-state index contributed by atoms with van der Waals surface area (Å²) in [5.41, 5.74) is 0.238. The highest BCUT2D eigenvalue weighted by atomic mass is 32.2. The van der Waals surface area contributed by atoms with Gasteiger partial charge in [0.2, 0.25) is 10.0 Å². The molecule has 9 heteroatoms. The summed E-state index contributed by atoms with van der Waals surface area (Å²) in [6, 6.07) is 6.06. The van der Waals surface area contributed by atoms with E-state index < -0.39 is 15.9 Å². The van der Waals surface area contributed by atoms with E-state index in [0.717, 1.165) is 0 Å². The topological polar surface area (TPSA) is 117 Å². The summed E-state index contributed by atoms with van der Waals surface area (Å²) >= 11 is 0. The molecule has 100 valence electrons. The first-order chi connectivity index (χ1) is 9.04. The molecule has 0 aliphatic rings. The van der Waals surface area contributed by atoms with Gasteiger partial charge in [-0.15, -0.1) is 0 Å². The molecule has 2 rings (SSSR count). The quantitative estimate of drug-likeness (QED) is 0.727. The molecule has 8 nitrogen and oxygen atoms in total. The second-order valence-electron chi connectivity index (χ2n) is 3.51. The number of amides is 1. The lowest BCUT2D eigenvalue weighted by atomic mass is 10.3. The van der Waals surface area contributed by atoms with Crippen molar-refractivity contribution in [3.05, 3.63) is 36.2 Å². The number of hydrogen-bond donors (Lipinski definition) is 3. The number of H-pyrrole nitrogens is 1. The van der Waals surface area contributed by atoms with Crippen molar-refractivity contribution in [2.24, 2.45) is 0 Å². The maximum atomic E-state index is 11.8. The van der Waals surface area contributed by atoms with Crippen LogP contribution in [0.5, 0.6) is 0 Å². The molecule has 0 radical (unpaired) electrons. The van der Waals surface area contributed by atoms with Crippen molar-refractivity contribution in [1.82, 2.24) is 20.1 Å². The Kier molecular flexibility index (Phi) is 3.58. The summed E-state index contributed by atoms with van der Waals surface area (Å²) in [5, 5.41) is 11.9. The zero-order chi connectivity index (χ0) is 13.9. The van der Waals surface area contributed by atoms with Gasteiger partial charge in [0.15, 0.2) is 5.69 Å². The van der Waals surface area contributed by atoms with Crippen molar-refractivity contribution < 1.29 is 13.2 Å². The fourth-order valence-corrected chi connectivity index (χ4v) is 2.30. The van der Waals surface area contributed by atoms with Gasteiger partial charge in [0.25, 0.3) is 5.91 Å². The maximum Gasteiger partial charge on any atom is 0.277 e. The molecule has 0 aliphatic carbocycles. The number of sulfonamides is 1. The monoisotopic (exact) mass is 281 g/mol. The first-order valence-electron chi connectivity index (χ1n) is 5.24. The molecular weight excluding hydrogens is 270 g/mol. The summed E-state index contributed by atoms with van der Waals surface area (Å²) in [7, 11) is -2.35. The number of nitrogens with one attached hydrogen (secondary N) is 3. The standard InChI is InChI=1S/C10H11N5O3S/c1-11-19(17,18)9-5-3-2-4-7(9)13-10(16)8-6-12-15-14-8/h2-6,11H,1H3,(H,13,16)(H,12,14,15). The summed E-state index contributed by atoms with van der Waals surface area (Å²) in [6.45, 7) is 0. The Labute approximate surface area is 109 Å². The van der Waals surface area contributed by atoms with Gasteiger partial charge < -0.3 is 5.32 Å². The van der Waals surface area contributed by atoms with Gasteiger partial charge in [0, 0.05) is 0 Å². The van der Waals surface area contributed by atoms with E-state index in [-0.39, 0.29) is 16.3 Å². The highest BCUT2D eigenvalue weighted by molar-refractivity contribution is 7.89. The third-order valence-electron chi connectivity index (χ3n) is 2.34. The van der Waals surface area contributed by atoms with Crippen LogP contribution in [-0.2, 0) is 10.0 Å². The lowest BCUT2D eigenvalue weighted by Crippen LogP contribution is -2.21. The van der Waals surface area contributed by atoms with Gasteiger partial charge in [-0.1, -0.05) is 12.1 Å². The average Bonchev–Trinajstić information content (AvgIpc) is 2.93. The van der Waals surface area contributed by atoms with Gasteiger partial charge in [-0.05, 0) is 19.2 Å². The molecule has 2 aromatic rings. The van der Waals surface area contributed by atoms with E-state index >= 15 is 0 Å². The number of benzene rings is 1. The Hall–Kier alpha value is -2.26. The molecule has 0 fully saturated rings. The molecule has 1 aromatic heterocycles. The van der Waals surface area contributed by atoms with Crippen molar-refractivity contribution in [3.63, 3.8) is 0 Å². The molecule has 19 heavy (non-hydrogen) atoms. The Morgan fingerprint density at radius 2 is 2.05 bits per heavy atom. The molecule has 1 aromatic carbocycles. The first-order valence-corrected chi connectivity index (χ1v) is 6.72. The summed E-state index contributed by atoms with van der Waals surface area (Å²) in [5.74, 6) is -0.549. The van der Waals surface area contributed by atoms with Crippen LogP contribution in [0.15, 0.2) is 35.4 Å². The number of para-hydroxylation sites is 1. The number of nitrogens with zero attached hydrogens (tertiary/aromatic N) is 2. The Balaban J connectivity index is 2.34. The summed E-state index contributed by atoms with van der Waals surface area (Å²) in [6.07, 6.45) is 1.24. The number of aromatic nitrogens is 3. The minimum atomic E-state index is -3.65. The molecule has 0 aliphatic heterocycles. The highest BCUT2D eigenvalue weighted by Crippen LogP contribution is 2.20. The molecule has 0 bridgehead atoms. The number of carbonyl (C=O) groups excluding carboxylic acids is 1. The fourth-order valence-electron chi connectivity index (χ4n) is 1.41. The van der Waals surface area contributed by atoms with Crippen LogP contribution < -0.4 is 10.0 Å². The largest absolute Gasteiger partial charge is 0.319 e. The van der Waals surface area contributed by atoms with Crippen molar-refractivity contribution in [2.45, 2.75) is 4.90 Å². The third-order valence-corrected chi connectivity index (χ3v) is 3.81. The van der Waals surface area contributed by atoms with Crippen LogP contribution >= 0.6 is 0 Å². The predicted octanol–water partition coefficient (Wildman–Crippen LogP) is -0.0349. The van der Waals surface area contributed by atoms with E-state index in [1.807, 2.05) is 0 Å². The van der Waals surface area contributed by atoms with E-state index in [2.05, 4.69) is 25.4 Å². The molecule has 0 saturated heterocycles. The average molecular weight is 281 g/mol. The Morgan fingerprint density at radius 1 is 1.32 bits per heavy atom. The smallest absolute Gasteiger partial charge is 0.277 e. The number of hydrogen-bond acceptors (Lipinski definition) is 5. The Morgan fingerprint density at radius 3 is 2.68 bits per heavy atom. The molecule has 1 amide bonds. The predicted molar refractivity (Wildman–Crippen MR) is 67.0 cm³/mol. The number of anilines is 1. The minimum absolute atomic E-state index is 0.0191. The zero-order valence-electron chi connectivity index (χ0n) is 9.91. The van der Waals surface area contributed by atoms with E-state index in [9.17, 15) is 13.2 Å². The van der Waals surface area contributed by atoms with Crippen LogP contribution in [0.25, 0.3) is 0 Å². The van der Waals surface area contributed by atoms with Gasteiger partial charge in [0.05, 0.1) is 11.9 Å². The van der Waals surface area contributed by atoms with Crippen molar-refractivity contribution in [3.8, 4) is 0 Å². The van der Waals surface area contributed by atoms with Gasteiger partial charge in [-0.25, -0.2) is 13.1 Å². The minimum Gasteiger partial charge on any atom is -0.319 e. The normalized spacial score (nSPS) is 11.2. The second-order valence-corrected chi connectivity index (χ2v) is 5.37. The Bertz CT molecular complexity index is 681. The highest BCUT2D eigenvalue weighted by Gasteiger charge is 2.18. The van der Waals surface area contributed by atoms with Crippen LogP contribution in [0.2, 0.25) is 0 Å². The molecule has 0 saturated carbocycles.